The minimum Gasteiger partial charge on any atom is -0.376 e. The van der Waals surface area contributed by atoms with Gasteiger partial charge >= 0.3 is 0 Å². The molecular weight excluding hydrogens is 256 g/mol. The molecule has 112 valence electrons. The molecule has 2 heterocycles. The summed E-state index contributed by atoms with van der Waals surface area (Å²) in [5.74, 6) is 0. The summed E-state index contributed by atoms with van der Waals surface area (Å²) in [5.41, 5.74) is 3.26. The van der Waals surface area contributed by atoms with Crippen LogP contribution < -0.4 is 0 Å². The molecule has 1 aromatic heterocycles. The quantitative estimate of drug-likeness (QED) is 0.788. The third-order valence-electron chi connectivity index (χ3n) is 3.12. The summed E-state index contributed by atoms with van der Waals surface area (Å²) in [6.45, 7) is 5.93. The molecule has 5 nitrogen and oxygen atoms in total. The molecule has 1 saturated heterocycles. The van der Waals surface area contributed by atoms with Crippen molar-refractivity contribution in [2.75, 3.05) is 40.5 Å². The number of nitrogens with zero attached hydrogens (tertiary/aromatic N) is 2. The van der Waals surface area contributed by atoms with Gasteiger partial charge in [-0.3, -0.25) is 4.98 Å². The molecule has 1 aliphatic rings. The number of aryl methyl sites for hydroxylation is 1. The van der Waals surface area contributed by atoms with Gasteiger partial charge in [-0.25, -0.2) is 0 Å². The van der Waals surface area contributed by atoms with Gasteiger partial charge in [-0.05, 0) is 27.1 Å². The lowest BCUT2D eigenvalue weighted by Crippen LogP contribution is -2.32. The van der Waals surface area contributed by atoms with E-state index in [-0.39, 0.29) is 6.10 Å². The molecule has 0 unspecified atom stereocenters. The lowest BCUT2D eigenvalue weighted by atomic mass is 10.2. The number of hydrogen-bond acceptors (Lipinski definition) is 5. The van der Waals surface area contributed by atoms with Crippen molar-refractivity contribution in [1.29, 1.82) is 0 Å². The molecule has 1 aromatic rings. The summed E-state index contributed by atoms with van der Waals surface area (Å²) < 4.78 is 16.7. The van der Waals surface area contributed by atoms with Crippen LogP contribution in [-0.2, 0) is 27.4 Å². The van der Waals surface area contributed by atoms with Crippen molar-refractivity contribution in [3.8, 4) is 0 Å². The van der Waals surface area contributed by atoms with Gasteiger partial charge in [0.25, 0.3) is 0 Å². The molecule has 1 fully saturated rings. The van der Waals surface area contributed by atoms with Crippen molar-refractivity contribution in [3.63, 3.8) is 0 Å². The van der Waals surface area contributed by atoms with E-state index in [2.05, 4.69) is 16.0 Å². The normalized spacial score (nSPS) is 19.5. The first-order chi connectivity index (χ1) is 9.65. The van der Waals surface area contributed by atoms with E-state index in [0.29, 0.717) is 33.0 Å². The number of ether oxygens (including phenoxy) is 3. The molecule has 0 saturated carbocycles. The monoisotopic (exact) mass is 280 g/mol. The predicted octanol–water partition coefficient (Wildman–Crippen LogP) is 1.38. The van der Waals surface area contributed by atoms with E-state index in [0.717, 1.165) is 23.5 Å². The first-order valence-electron chi connectivity index (χ1n) is 7.02. The summed E-state index contributed by atoms with van der Waals surface area (Å²) in [6.07, 6.45) is 0.0551. The average Bonchev–Trinajstić information content (AvgIpc) is 2.42. The van der Waals surface area contributed by atoms with Crippen LogP contribution in [0.15, 0.2) is 12.1 Å². The minimum atomic E-state index is 0.0551. The molecule has 0 amide bonds. The van der Waals surface area contributed by atoms with Crippen LogP contribution in [0.5, 0.6) is 0 Å². The second-order valence-electron chi connectivity index (χ2n) is 5.38. The molecular formula is C15H24N2O3. The van der Waals surface area contributed by atoms with Crippen LogP contribution in [0.3, 0.4) is 0 Å². The van der Waals surface area contributed by atoms with Crippen molar-refractivity contribution in [2.45, 2.75) is 26.2 Å². The molecule has 0 radical (unpaired) electrons. The van der Waals surface area contributed by atoms with Gasteiger partial charge in [0.2, 0.25) is 0 Å². The van der Waals surface area contributed by atoms with Crippen molar-refractivity contribution >= 4 is 0 Å². The van der Waals surface area contributed by atoms with E-state index in [1.807, 2.05) is 27.1 Å². The largest absolute Gasteiger partial charge is 0.376 e. The van der Waals surface area contributed by atoms with E-state index in [1.54, 1.807) is 0 Å². The van der Waals surface area contributed by atoms with Crippen LogP contribution in [0.2, 0.25) is 0 Å². The Morgan fingerprint density at radius 3 is 2.90 bits per heavy atom. The summed E-state index contributed by atoms with van der Waals surface area (Å²) in [5, 5.41) is 0. The molecule has 1 aliphatic heterocycles. The zero-order valence-electron chi connectivity index (χ0n) is 12.6. The Morgan fingerprint density at radius 1 is 1.35 bits per heavy atom. The zero-order valence-corrected chi connectivity index (χ0v) is 12.6. The van der Waals surface area contributed by atoms with E-state index in [9.17, 15) is 0 Å². The maximum atomic E-state index is 5.76. The number of pyridine rings is 1. The van der Waals surface area contributed by atoms with E-state index < -0.39 is 0 Å². The van der Waals surface area contributed by atoms with Gasteiger partial charge in [0.05, 0.1) is 38.7 Å². The fraction of sp³-hybridized carbons (Fsp3) is 0.667. The lowest BCUT2D eigenvalue weighted by Gasteiger charge is -2.23. The van der Waals surface area contributed by atoms with Crippen molar-refractivity contribution in [2.24, 2.45) is 0 Å². The van der Waals surface area contributed by atoms with Crippen molar-refractivity contribution in [3.05, 3.63) is 29.1 Å². The molecule has 0 aliphatic carbocycles. The van der Waals surface area contributed by atoms with E-state index in [4.69, 9.17) is 14.2 Å². The number of hydrogen-bond donors (Lipinski definition) is 0. The fourth-order valence-corrected chi connectivity index (χ4v) is 2.14. The first kappa shape index (κ1) is 15.4. The SMILES string of the molecule is Cc1ccc(COC[C@H]2COCCO2)c(CN(C)C)n1. The Hall–Kier alpha value is -1.01. The topological polar surface area (TPSA) is 43.8 Å². The number of aromatic nitrogens is 1. The zero-order chi connectivity index (χ0) is 14.4. The molecule has 1 atom stereocenters. The third-order valence-corrected chi connectivity index (χ3v) is 3.12. The Bertz CT molecular complexity index is 418. The number of rotatable bonds is 6. The molecule has 0 spiro atoms. The van der Waals surface area contributed by atoms with Gasteiger partial charge in [0.1, 0.15) is 6.10 Å². The van der Waals surface area contributed by atoms with Gasteiger partial charge in [-0.15, -0.1) is 0 Å². The first-order valence-corrected chi connectivity index (χ1v) is 7.02. The highest BCUT2D eigenvalue weighted by atomic mass is 16.6. The highest BCUT2D eigenvalue weighted by Crippen LogP contribution is 2.12. The maximum Gasteiger partial charge on any atom is 0.104 e. The van der Waals surface area contributed by atoms with Gasteiger partial charge in [-0.2, -0.15) is 0 Å². The van der Waals surface area contributed by atoms with Crippen LogP contribution in [0.1, 0.15) is 17.0 Å². The third kappa shape index (κ3) is 4.83. The Kier molecular flexibility index (Phi) is 5.91. The van der Waals surface area contributed by atoms with Gasteiger partial charge < -0.3 is 19.1 Å². The van der Waals surface area contributed by atoms with E-state index in [1.165, 1.54) is 0 Å². The second-order valence-corrected chi connectivity index (χ2v) is 5.38. The molecule has 5 heteroatoms. The highest BCUT2D eigenvalue weighted by Gasteiger charge is 2.15. The molecule has 0 bridgehead atoms. The van der Waals surface area contributed by atoms with Gasteiger partial charge in [0.15, 0.2) is 0 Å². The smallest absolute Gasteiger partial charge is 0.104 e. The summed E-state index contributed by atoms with van der Waals surface area (Å²) in [4.78, 5) is 6.72. The Labute approximate surface area is 120 Å². The average molecular weight is 280 g/mol. The summed E-state index contributed by atoms with van der Waals surface area (Å²) in [7, 11) is 4.09. The molecule has 0 N–H and O–H groups in total. The van der Waals surface area contributed by atoms with E-state index >= 15 is 0 Å². The van der Waals surface area contributed by atoms with Crippen LogP contribution in [0.25, 0.3) is 0 Å². The summed E-state index contributed by atoms with van der Waals surface area (Å²) in [6, 6.07) is 4.12. The second kappa shape index (κ2) is 7.69. The van der Waals surface area contributed by atoms with Crippen LogP contribution in [0.4, 0.5) is 0 Å². The molecule has 20 heavy (non-hydrogen) atoms. The van der Waals surface area contributed by atoms with Gasteiger partial charge in [0, 0.05) is 17.8 Å². The van der Waals surface area contributed by atoms with Crippen LogP contribution in [-0.4, -0.2) is 56.5 Å². The van der Waals surface area contributed by atoms with Gasteiger partial charge in [-0.1, -0.05) is 6.07 Å². The molecule has 2 rings (SSSR count). The van der Waals surface area contributed by atoms with Crippen molar-refractivity contribution < 1.29 is 14.2 Å². The maximum absolute atomic E-state index is 5.76. The fourth-order valence-electron chi connectivity index (χ4n) is 2.14. The highest BCUT2D eigenvalue weighted by molar-refractivity contribution is 5.22. The summed E-state index contributed by atoms with van der Waals surface area (Å²) >= 11 is 0. The van der Waals surface area contributed by atoms with Crippen molar-refractivity contribution in [1.82, 2.24) is 9.88 Å². The minimum absolute atomic E-state index is 0.0551. The predicted molar refractivity (Wildman–Crippen MR) is 76.6 cm³/mol. The van der Waals surface area contributed by atoms with Crippen LogP contribution >= 0.6 is 0 Å². The Balaban J connectivity index is 1.87. The standard InChI is InChI=1S/C15H24N2O3/c1-12-4-5-13(15(16-12)8-17(2)3)9-19-11-14-10-18-6-7-20-14/h4-5,14H,6-11H2,1-3H3/t14-/m1/s1. The van der Waals surface area contributed by atoms with Crippen LogP contribution in [0, 0.1) is 6.92 Å². The Morgan fingerprint density at radius 2 is 2.20 bits per heavy atom. The molecule has 0 aromatic carbocycles. The lowest BCUT2D eigenvalue weighted by molar-refractivity contribution is -0.117.